The van der Waals surface area contributed by atoms with Gasteiger partial charge in [0, 0.05) is 13.0 Å². The van der Waals surface area contributed by atoms with Crippen molar-refractivity contribution in [2.75, 3.05) is 54.1 Å². The molecule has 50 heavy (non-hydrogen) atoms. The predicted octanol–water partition coefficient (Wildman–Crippen LogP) is 11.2. The van der Waals surface area contributed by atoms with Crippen molar-refractivity contribution in [1.29, 1.82) is 0 Å². The lowest BCUT2D eigenvalue weighted by molar-refractivity contribution is -0.870. The van der Waals surface area contributed by atoms with E-state index in [2.05, 4.69) is 62.5 Å². The zero-order chi connectivity index (χ0) is 37.0. The molecule has 0 radical (unpaired) electrons. The van der Waals surface area contributed by atoms with Gasteiger partial charge in [-0.15, -0.1) is 0 Å². The zero-order valence-electron chi connectivity index (χ0n) is 32.9. The summed E-state index contributed by atoms with van der Waals surface area (Å²) >= 11 is 0. The van der Waals surface area contributed by atoms with Crippen LogP contribution >= 0.6 is 7.82 Å². The Morgan fingerprint density at radius 2 is 1.16 bits per heavy atom. The molecule has 0 aliphatic rings. The van der Waals surface area contributed by atoms with Gasteiger partial charge in [0.25, 0.3) is 0 Å². The van der Waals surface area contributed by atoms with E-state index in [1.807, 2.05) is 21.1 Å². The molecular weight excluding hydrogens is 649 g/mol. The van der Waals surface area contributed by atoms with Crippen molar-refractivity contribution >= 4 is 13.8 Å². The van der Waals surface area contributed by atoms with Crippen LogP contribution in [0.25, 0.3) is 0 Å². The third kappa shape index (κ3) is 37.7. The van der Waals surface area contributed by atoms with Crippen LogP contribution in [0.5, 0.6) is 0 Å². The Morgan fingerprint density at radius 3 is 1.74 bits per heavy atom. The normalized spacial score (nSPS) is 14.4. The molecule has 2 unspecified atom stereocenters. The molecule has 0 bridgehead atoms. The standard InChI is InChI=1S/C41H76NO7P/c1-6-8-10-12-14-16-18-19-20-21-22-23-24-26-28-30-32-34-41(43)49-40(39-48-50(44,45)47-37-35-42(3,4)5)38-46-36-33-31-29-27-25-17-15-13-11-9-7-2/h8,10,14,16,19-20,22-23,40H,6-7,9,11-13,15,17-18,21,24-39H2,1-5H3/p+1/b10-8-,16-14-,20-19-,23-22-. The van der Waals surface area contributed by atoms with E-state index in [0.29, 0.717) is 24.1 Å². The van der Waals surface area contributed by atoms with E-state index in [-0.39, 0.29) is 25.8 Å². The summed E-state index contributed by atoms with van der Waals surface area (Å²) in [5, 5.41) is 0. The summed E-state index contributed by atoms with van der Waals surface area (Å²) in [6.45, 7) is 5.46. The fourth-order valence-electron chi connectivity index (χ4n) is 5.07. The minimum Gasteiger partial charge on any atom is -0.457 e. The van der Waals surface area contributed by atoms with Crippen molar-refractivity contribution in [3.05, 3.63) is 48.6 Å². The first-order valence-electron chi connectivity index (χ1n) is 19.9. The molecule has 0 saturated heterocycles. The van der Waals surface area contributed by atoms with Crippen molar-refractivity contribution in [3.8, 4) is 0 Å². The quantitative estimate of drug-likeness (QED) is 0.0226. The molecule has 0 fully saturated rings. The molecule has 8 nitrogen and oxygen atoms in total. The van der Waals surface area contributed by atoms with Crippen LogP contribution in [0, 0.1) is 0 Å². The third-order valence-electron chi connectivity index (χ3n) is 8.15. The number of ether oxygens (including phenoxy) is 2. The summed E-state index contributed by atoms with van der Waals surface area (Å²) in [4.78, 5) is 22.8. The van der Waals surface area contributed by atoms with Crippen LogP contribution in [-0.4, -0.2) is 75.6 Å². The van der Waals surface area contributed by atoms with Gasteiger partial charge in [-0.25, -0.2) is 4.57 Å². The fourth-order valence-corrected chi connectivity index (χ4v) is 5.81. The van der Waals surface area contributed by atoms with Crippen molar-refractivity contribution in [1.82, 2.24) is 0 Å². The largest absolute Gasteiger partial charge is 0.472 e. The Kier molecular flexibility index (Phi) is 33.5. The Hall–Kier alpha value is -1.54. The van der Waals surface area contributed by atoms with Crippen molar-refractivity contribution in [2.45, 2.75) is 155 Å². The SMILES string of the molecule is CC/C=C\C/C=C\C/C=C\C/C=C\CCCCCCC(=O)OC(COCCCCCCCCCCCCC)COP(=O)(O)OCC[N+](C)(C)C. The van der Waals surface area contributed by atoms with E-state index in [1.54, 1.807) is 0 Å². The predicted molar refractivity (Wildman–Crippen MR) is 210 cm³/mol. The maximum atomic E-state index is 12.6. The van der Waals surface area contributed by atoms with Crippen LogP contribution in [-0.2, 0) is 27.9 Å². The lowest BCUT2D eigenvalue weighted by Crippen LogP contribution is -2.37. The molecule has 1 N–H and O–H groups in total. The molecule has 0 aromatic carbocycles. The highest BCUT2D eigenvalue weighted by molar-refractivity contribution is 7.47. The molecule has 0 spiro atoms. The Labute approximate surface area is 308 Å². The first-order chi connectivity index (χ1) is 24.1. The number of phosphoric ester groups is 1. The highest BCUT2D eigenvalue weighted by Crippen LogP contribution is 2.43. The lowest BCUT2D eigenvalue weighted by Gasteiger charge is -2.24. The average molecular weight is 727 g/mol. The summed E-state index contributed by atoms with van der Waals surface area (Å²) in [7, 11) is 1.64. The van der Waals surface area contributed by atoms with Gasteiger partial charge in [0.1, 0.15) is 19.3 Å². The number of likely N-dealkylation sites (N-methyl/N-ethyl adjacent to an activating group) is 1. The van der Waals surface area contributed by atoms with Crippen LogP contribution < -0.4 is 0 Å². The highest BCUT2D eigenvalue weighted by Gasteiger charge is 2.26. The number of rotatable bonds is 36. The summed E-state index contributed by atoms with van der Waals surface area (Å²) in [5.41, 5.74) is 0. The number of phosphoric acid groups is 1. The molecule has 0 aliphatic heterocycles. The van der Waals surface area contributed by atoms with Gasteiger partial charge in [0.15, 0.2) is 0 Å². The number of carbonyl (C=O) groups excluding carboxylic acids is 1. The van der Waals surface area contributed by atoms with E-state index in [0.717, 1.165) is 70.6 Å². The van der Waals surface area contributed by atoms with Crippen LogP contribution in [0.15, 0.2) is 48.6 Å². The first-order valence-corrected chi connectivity index (χ1v) is 21.4. The minimum atomic E-state index is -4.27. The smallest absolute Gasteiger partial charge is 0.457 e. The molecule has 0 amide bonds. The second-order valence-corrected chi connectivity index (χ2v) is 15.7. The van der Waals surface area contributed by atoms with Gasteiger partial charge in [0.2, 0.25) is 0 Å². The Morgan fingerprint density at radius 1 is 0.640 bits per heavy atom. The van der Waals surface area contributed by atoms with Crippen LogP contribution in [0.1, 0.15) is 149 Å². The number of hydrogen-bond donors (Lipinski definition) is 1. The molecule has 0 saturated carbocycles. The second kappa shape index (κ2) is 34.5. The van der Waals surface area contributed by atoms with E-state index < -0.39 is 13.9 Å². The number of esters is 1. The fraction of sp³-hybridized carbons (Fsp3) is 0.780. The third-order valence-corrected chi connectivity index (χ3v) is 9.14. The van der Waals surface area contributed by atoms with Crippen molar-refractivity contribution in [2.24, 2.45) is 0 Å². The Balaban J connectivity index is 4.33. The lowest BCUT2D eigenvalue weighted by atomic mass is 10.1. The molecule has 292 valence electrons. The number of carbonyl (C=O) groups is 1. The van der Waals surface area contributed by atoms with Crippen LogP contribution in [0.2, 0.25) is 0 Å². The molecule has 0 rings (SSSR count). The van der Waals surface area contributed by atoms with Gasteiger partial charge >= 0.3 is 13.8 Å². The van der Waals surface area contributed by atoms with Gasteiger partial charge in [-0.2, -0.15) is 0 Å². The molecular formula is C41H77NO7P+. The van der Waals surface area contributed by atoms with E-state index in [4.69, 9.17) is 18.5 Å². The minimum absolute atomic E-state index is 0.0827. The van der Waals surface area contributed by atoms with E-state index in [1.165, 1.54) is 57.8 Å². The maximum absolute atomic E-state index is 12.6. The topological polar surface area (TPSA) is 91.3 Å². The molecule has 0 aromatic rings. The van der Waals surface area contributed by atoms with Gasteiger partial charge < -0.3 is 18.9 Å². The summed E-state index contributed by atoms with van der Waals surface area (Å²) < 4.78 is 34.8. The Bertz CT molecular complexity index is 942. The number of unbranched alkanes of at least 4 members (excludes halogenated alkanes) is 14. The van der Waals surface area contributed by atoms with E-state index >= 15 is 0 Å². The summed E-state index contributed by atoms with van der Waals surface area (Å²) in [5.74, 6) is -0.338. The summed E-state index contributed by atoms with van der Waals surface area (Å²) in [6.07, 6.45) is 39.9. The van der Waals surface area contributed by atoms with E-state index in [9.17, 15) is 14.3 Å². The average Bonchev–Trinajstić information content (AvgIpc) is 3.06. The van der Waals surface area contributed by atoms with Crippen LogP contribution in [0.4, 0.5) is 0 Å². The number of quaternary nitrogens is 1. The number of nitrogens with zero attached hydrogens (tertiary/aromatic N) is 1. The maximum Gasteiger partial charge on any atom is 0.472 e. The molecule has 0 aliphatic carbocycles. The zero-order valence-corrected chi connectivity index (χ0v) is 33.8. The van der Waals surface area contributed by atoms with Crippen molar-refractivity contribution < 1.29 is 37.3 Å². The molecule has 2 atom stereocenters. The second-order valence-electron chi connectivity index (χ2n) is 14.3. The molecule has 9 heteroatoms. The van der Waals surface area contributed by atoms with Gasteiger partial charge in [-0.3, -0.25) is 13.8 Å². The van der Waals surface area contributed by atoms with Gasteiger partial charge in [-0.05, 0) is 51.4 Å². The monoisotopic (exact) mass is 727 g/mol. The van der Waals surface area contributed by atoms with Crippen molar-refractivity contribution in [3.63, 3.8) is 0 Å². The molecule has 0 heterocycles. The summed E-state index contributed by atoms with van der Waals surface area (Å²) in [6, 6.07) is 0. The van der Waals surface area contributed by atoms with Crippen LogP contribution in [0.3, 0.4) is 0 Å². The highest BCUT2D eigenvalue weighted by atomic mass is 31.2. The number of allylic oxidation sites excluding steroid dienone is 8. The molecule has 0 aromatic heterocycles. The number of hydrogen-bond acceptors (Lipinski definition) is 6. The van der Waals surface area contributed by atoms with Gasteiger partial charge in [0.05, 0.1) is 34.4 Å². The first kappa shape index (κ1) is 48.5. The van der Waals surface area contributed by atoms with Gasteiger partial charge in [-0.1, -0.05) is 140 Å².